The van der Waals surface area contributed by atoms with E-state index >= 15 is 0 Å². The molecule has 0 radical (unpaired) electrons. The summed E-state index contributed by atoms with van der Waals surface area (Å²) in [7, 11) is 0. The van der Waals surface area contributed by atoms with Crippen LogP contribution in [0, 0.1) is 24.2 Å². The van der Waals surface area contributed by atoms with Crippen molar-refractivity contribution in [1.82, 2.24) is 4.98 Å². The van der Waals surface area contributed by atoms with Crippen LogP contribution in [0.15, 0.2) is 36.4 Å². The standard InChI is InChI=1S/C19H20ClN3O/c1-13-2-7-18(22-17(13)12-21)23-10-8-15(9-11-23)19(24)14-3-5-16(20)6-4-14/h2-7,15,19,24H,8-11H2,1H3. The summed E-state index contributed by atoms with van der Waals surface area (Å²) in [5, 5.41) is 20.4. The van der Waals surface area contributed by atoms with Crippen LogP contribution in [0.1, 0.15) is 35.8 Å². The minimum absolute atomic E-state index is 0.225. The lowest BCUT2D eigenvalue weighted by Gasteiger charge is -2.35. The Hall–Kier alpha value is -2.09. The van der Waals surface area contributed by atoms with Crippen LogP contribution in [0.5, 0.6) is 0 Å². The summed E-state index contributed by atoms with van der Waals surface area (Å²) in [5.41, 5.74) is 2.29. The third kappa shape index (κ3) is 3.53. The summed E-state index contributed by atoms with van der Waals surface area (Å²) in [5.74, 6) is 1.07. The van der Waals surface area contributed by atoms with Crippen molar-refractivity contribution in [2.45, 2.75) is 25.9 Å². The van der Waals surface area contributed by atoms with Crippen LogP contribution >= 0.6 is 11.6 Å². The van der Waals surface area contributed by atoms with Gasteiger partial charge in [-0.2, -0.15) is 5.26 Å². The maximum absolute atomic E-state index is 10.6. The van der Waals surface area contributed by atoms with Crippen LogP contribution in [-0.4, -0.2) is 23.2 Å². The normalized spacial score (nSPS) is 16.7. The first-order valence-corrected chi connectivity index (χ1v) is 8.52. The molecule has 1 unspecified atom stereocenters. The molecule has 0 saturated carbocycles. The fraction of sp³-hybridized carbons (Fsp3) is 0.368. The second-order valence-corrected chi connectivity index (χ2v) is 6.70. The van der Waals surface area contributed by atoms with E-state index in [1.165, 1.54) is 0 Å². The van der Waals surface area contributed by atoms with Crippen molar-refractivity contribution in [2.24, 2.45) is 5.92 Å². The Kier molecular flexibility index (Phi) is 5.03. The maximum atomic E-state index is 10.6. The van der Waals surface area contributed by atoms with Crippen LogP contribution in [0.3, 0.4) is 0 Å². The van der Waals surface area contributed by atoms with Gasteiger partial charge in [-0.3, -0.25) is 0 Å². The predicted molar refractivity (Wildman–Crippen MR) is 95.0 cm³/mol. The molecule has 2 heterocycles. The number of benzene rings is 1. The number of hydrogen-bond donors (Lipinski definition) is 1. The number of nitriles is 1. The van der Waals surface area contributed by atoms with Gasteiger partial charge in [-0.15, -0.1) is 0 Å². The SMILES string of the molecule is Cc1ccc(N2CCC(C(O)c3ccc(Cl)cc3)CC2)nc1C#N. The van der Waals surface area contributed by atoms with Crippen molar-refractivity contribution >= 4 is 17.4 Å². The van der Waals surface area contributed by atoms with E-state index in [0.29, 0.717) is 10.7 Å². The Morgan fingerprint density at radius 1 is 1.21 bits per heavy atom. The molecule has 3 rings (SSSR count). The van der Waals surface area contributed by atoms with Crippen molar-refractivity contribution in [1.29, 1.82) is 5.26 Å². The van der Waals surface area contributed by atoms with E-state index in [0.717, 1.165) is 42.9 Å². The lowest BCUT2D eigenvalue weighted by molar-refractivity contribution is 0.0929. The maximum Gasteiger partial charge on any atom is 0.145 e. The average Bonchev–Trinajstić information content (AvgIpc) is 2.62. The molecule has 5 heteroatoms. The molecule has 24 heavy (non-hydrogen) atoms. The van der Waals surface area contributed by atoms with E-state index < -0.39 is 6.10 Å². The molecule has 1 N–H and O–H groups in total. The number of hydrogen-bond acceptors (Lipinski definition) is 4. The lowest BCUT2D eigenvalue weighted by Crippen LogP contribution is -2.36. The van der Waals surface area contributed by atoms with Gasteiger partial charge < -0.3 is 10.0 Å². The molecule has 2 aromatic rings. The van der Waals surface area contributed by atoms with E-state index in [1.807, 2.05) is 43.3 Å². The summed E-state index contributed by atoms with van der Waals surface area (Å²) >= 11 is 5.91. The lowest BCUT2D eigenvalue weighted by atomic mass is 9.87. The quantitative estimate of drug-likeness (QED) is 0.920. The third-order valence-corrected chi connectivity index (χ3v) is 4.96. The highest BCUT2D eigenvalue weighted by molar-refractivity contribution is 6.30. The summed E-state index contributed by atoms with van der Waals surface area (Å²) < 4.78 is 0. The second kappa shape index (κ2) is 7.21. The van der Waals surface area contributed by atoms with Gasteiger partial charge >= 0.3 is 0 Å². The molecule has 1 saturated heterocycles. The first kappa shape index (κ1) is 16.8. The first-order chi connectivity index (χ1) is 11.6. The molecular weight excluding hydrogens is 322 g/mol. The highest BCUT2D eigenvalue weighted by atomic mass is 35.5. The molecule has 1 aromatic carbocycles. The summed E-state index contributed by atoms with van der Waals surface area (Å²) in [6.45, 7) is 3.55. The van der Waals surface area contributed by atoms with Gasteiger partial charge in [-0.05, 0) is 55.0 Å². The fourth-order valence-electron chi connectivity index (χ4n) is 3.18. The molecule has 0 spiro atoms. The summed E-state index contributed by atoms with van der Waals surface area (Å²) in [6.07, 6.45) is 1.31. The van der Waals surface area contributed by atoms with Crippen LogP contribution < -0.4 is 4.90 Å². The molecule has 0 amide bonds. The van der Waals surface area contributed by atoms with Crippen molar-refractivity contribution in [3.05, 3.63) is 58.2 Å². The Labute approximate surface area is 147 Å². The van der Waals surface area contributed by atoms with Gasteiger partial charge in [0, 0.05) is 18.1 Å². The zero-order valence-corrected chi connectivity index (χ0v) is 14.4. The monoisotopic (exact) mass is 341 g/mol. The molecule has 0 aliphatic carbocycles. The smallest absolute Gasteiger partial charge is 0.145 e. The molecule has 4 nitrogen and oxygen atoms in total. The van der Waals surface area contributed by atoms with Crippen LogP contribution in [0.2, 0.25) is 5.02 Å². The Morgan fingerprint density at radius 2 is 1.88 bits per heavy atom. The van der Waals surface area contributed by atoms with E-state index in [2.05, 4.69) is 16.0 Å². The van der Waals surface area contributed by atoms with Crippen LogP contribution in [0.25, 0.3) is 0 Å². The van der Waals surface area contributed by atoms with E-state index in [-0.39, 0.29) is 5.92 Å². The zero-order valence-electron chi connectivity index (χ0n) is 13.6. The fourth-order valence-corrected chi connectivity index (χ4v) is 3.31. The minimum Gasteiger partial charge on any atom is -0.388 e. The topological polar surface area (TPSA) is 60.1 Å². The van der Waals surface area contributed by atoms with Gasteiger partial charge in [-0.25, -0.2) is 4.98 Å². The van der Waals surface area contributed by atoms with Gasteiger partial charge in [-0.1, -0.05) is 29.8 Å². The van der Waals surface area contributed by atoms with E-state index in [4.69, 9.17) is 16.9 Å². The zero-order chi connectivity index (χ0) is 17.1. The molecule has 1 aliphatic rings. The number of pyridine rings is 1. The Bertz CT molecular complexity index is 746. The summed E-state index contributed by atoms with van der Waals surface area (Å²) in [4.78, 5) is 6.63. The third-order valence-electron chi connectivity index (χ3n) is 4.71. The number of aliphatic hydroxyl groups is 1. The molecule has 1 aliphatic heterocycles. The number of rotatable bonds is 3. The number of aromatic nitrogens is 1. The van der Waals surface area contributed by atoms with Gasteiger partial charge in [0.05, 0.1) is 6.10 Å². The molecule has 1 aromatic heterocycles. The number of halogens is 1. The number of anilines is 1. The molecule has 1 atom stereocenters. The molecular formula is C19H20ClN3O. The number of aryl methyl sites for hydroxylation is 1. The Morgan fingerprint density at radius 3 is 2.50 bits per heavy atom. The van der Waals surface area contributed by atoms with E-state index in [9.17, 15) is 5.11 Å². The van der Waals surface area contributed by atoms with Crippen molar-refractivity contribution in [2.75, 3.05) is 18.0 Å². The van der Waals surface area contributed by atoms with Gasteiger partial charge in [0.25, 0.3) is 0 Å². The molecule has 1 fully saturated rings. The highest BCUT2D eigenvalue weighted by Gasteiger charge is 2.27. The van der Waals surface area contributed by atoms with Crippen molar-refractivity contribution in [3.63, 3.8) is 0 Å². The van der Waals surface area contributed by atoms with E-state index in [1.54, 1.807) is 0 Å². The van der Waals surface area contributed by atoms with Gasteiger partial charge in [0.15, 0.2) is 0 Å². The summed E-state index contributed by atoms with van der Waals surface area (Å²) in [6, 6.07) is 13.5. The average molecular weight is 342 g/mol. The largest absolute Gasteiger partial charge is 0.388 e. The first-order valence-electron chi connectivity index (χ1n) is 8.14. The minimum atomic E-state index is -0.468. The van der Waals surface area contributed by atoms with Crippen molar-refractivity contribution < 1.29 is 5.11 Å². The molecule has 0 bridgehead atoms. The number of nitrogens with zero attached hydrogens (tertiary/aromatic N) is 3. The predicted octanol–water partition coefficient (Wildman–Crippen LogP) is 3.87. The molecule has 124 valence electrons. The van der Waals surface area contributed by atoms with Crippen molar-refractivity contribution in [3.8, 4) is 6.07 Å². The number of piperidine rings is 1. The highest BCUT2D eigenvalue weighted by Crippen LogP contribution is 2.32. The van der Waals surface area contributed by atoms with Gasteiger partial charge in [0.2, 0.25) is 0 Å². The van der Waals surface area contributed by atoms with Crippen LogP contribution in [-0.2, 0) is 0 Å². The van der Waals surface area contributed by atoms with Gasteiger partial charge in [0.1, 0.15) is 17.6 Å². The Balaban J connectivity index is 1.65. The second-order valence-electron chi connectivity index (χ2n) is 6.27. The number of aliphatic hydroxyl groups excluding tert-OH is 1. The van der Waals surface area contributed by atoms with Crippen LogP contribution in [0.4, 0.5) is 5.82 Å².